The lowest BCUT2D eigenvalue weighted by Crippen LogP contribution is -2.17. The number of fused-ring (bicyclic) bond motifs is 1. The van der Waals surface area contributed by atoms with E-state index in [4.69, 9.17) is 15.0 Å². The number of oxime groups is 1. The largest absolute Gasteiger partial charge is 0.417 e. The number of carbonyl (C=O) groups is 1. The normalized spacial score (nSPS) is 11.6. The number of benzene rings is 2. The van der Waals surface area contributed by atoms with Crippen molar-refractivity contribution in [2.24, 2.45) is 10.9 Å². The predicted octanol–water partition coefficient (Wildman–Crippen LogP) is 1.78. The number of carbonyl (C=O) groups excluding carboxylic acids is 1. The maximum atomic E-state index is 11.2. The fourth-order valence-electron chi connectivity index (χ4n) is 2.08. The molecular weight excluding hydrogens is 298 g/mol. The molecule has 23 heavy (non-hydrogen) atoms. The summed E-state index contributed by atoms with van der Waals surface area (Å²) in [7, 11) is 0. The number of rotatable bonds is 5. The van der Waals surface area contributed by atoms with Gasteiger partial charge in [0, 0.05) is 6.07 Å². The third kappa shape index (κ3) is 3.46. The lowest BCUT2D eigenvalue weighted by atomic mass is 10.1. The smallest absolute Gasteiger partial charge is 0.408 e. The molecule has 0 unspecified atom stereocenters. The Kier molecular flexibility index (Phi) is 3.92. The molecule has 116 valence electrons. The van der Waals surface area contributed by atoms with Crippen LogP contribution in [0.1, 0.15) is 12.0 Å². The third-order valence-corrected chi connectivity index (χ3v) is 3.10. The minimum atomic E-state index is -0.542. The Morgan fingerprint density at radius 2 is 2.00 bits per heavy atom. The number of nitrogens with one attached hydrogen (secondary N) is 1. The van der Waals surface area contributed by atoms with E-state index >= 15 is 0 Å². The molecule has 7 heteroatoms. The van der Waals surface area contributed by atoms with Crippen molar-refractivity contribution in [3.8, 4) is 5.75 Å². The van der Waals surface area contributed by atoms with Crippen molar-refractivity contribution in [2.75, 3.05) is 0 Å². The zero-order valence-corrected chi connectivity index (χ0v) is 12.0. The highest BCUT2D eigenvalue weighted by atomic mass is 16.6. The molecule has 0 aliphatic heterocycles. The molecule has 7 nitrogen and oxygen atoms in total. The van der Waals surface area contributed by atoms with Crippen molar-refractivity contribution in [3.05, 3.63) is 64.6 Å². The molecule has 0 radical (unpaired) electrons. The first-order chi connectivity index (χ1) is 11.1. The molecule has 3 aromatic rings. The van der Waals surface area contributed by atoms with E-state index in [1.54, 1.807) is 18.2 Å². The molecule has 0 bridgehead atoms. The van der Waals surface area contributed by atoms with E-state index < -0.39 is 11.7 Å². The van der Waals surface area contributed by atoms with Crippen molar-refractivity contribution >= 4 is 22.7 Å². The van der Waals surface area contributed by atoms with Gasteiger partial charge >= 0.3 is 5.76 Å². The molecule has 0 aliphatic carbocycles. The van der Waals surface area contributed by atoms with Crippen LogP contribution < -0.4 is 16.3 Å². The molecule has 3 N–H and O–H groups in total. The van der Waals surface area contributed by atoms with Crippen LogP contribution in [0.3, 0.4) is 0 Å². The highest BCUT2D eigenvalue weighted by Crippen LogP contribution is 2.18. The molecule has 1 aromatic heterocycles. The van der Waals surface area contributed by atoms with Gasteiger partial charge in [0.1, 0.15) is 0 Å². The second-order valence-corrected chi connectivity index (χ2v) is 4.81. The number of oxazole rings is 1. The molecule has 1 amide bonds. The monoisotopic (exact) mass is 311 g/mol. The van der Waals surface area contributed by atoms with Crippen LogP contribution in [-0.4, -0.2) is 16.6 Å². The van der Waals surface area contributed by atoms with Gasteiger partial charge in [-0.05, 0) is 17.7 Å². The van der Waals surface area contributed by atoms with Gasteiger partial charge in [0.2, 0.25) is 5.91 Å². The number of hydrogen-bond donors (Lipinski definition) is 2. The van der Waals surface area contributed by atoms with Gasteiger partial charge in [-0.1, -0.05) is 35.5 Å². The first-order valence-corrected chi connectivity index (χ1v) is 6.82. The summed E-state index contributed by atoms with van der Waals surface area (Å²) < 4.78 is 4.91. The Hall–Kier alpha value is -3.35. The summed E-state index contributed by atoms with van der Waals surface area (Å²) in [5.74, 6) is -0.655. The second kappa shape index (κ2) is 6.18. The van der Waals surface area contributed by atoms with Crippen molar-refractivity contribution < 1.29 is 14.0 Å². The van der Waals surface area contributed by atoms with Crippen LogP contribution >= 0.6 is 0 Å². The Morgan fingerprint density at radius 3 is 2.74 bits per heavy atom. The van der Waals surface area contributed by atoms with Crippen molar-refractivity contribution in [3.63, 3.8) is 0 Å². The maximum absolute atomic E-state index is 11.2. The van der Waals surface area contributed by atoms with E-state index in [1.807, 2.05) is 30.3 Å². The molecule has 2 aromatic carbocycles. The van der Waals surface area contributed by atoms with Gasteiger partial charge in [-0.25, -0.2) is 4.79 Å². The minimum absolute atomic E-state index is 0.0468. The molecule has 0 fully saturated rings. The summed E-state index contributed by atoms with van der Waals surface area (Å²) in [6.45, 7) is 0. The van der Waals surface area contributed by atoms with Gasteiger partial charge in [-0.15, -0.1) is 0 Å². The number of aromatic amines is 1. The average Bonchev–Trinajstić information content (AvgIpc) is 2.91. The van der Waals surface area contributed by atoms with Gasteiger partial charge in [0.15, 0.2) is 11.3 Å². The van der Waals surface area contributed by atoms with E-state index in [9.17, 15) is 9.59 Å². The standard InChI is InChI=1S/C16H13N3O4/c17-15(20)9-12(10-4-2-1-3-5-10)19-23-11-6-7-14-13(8-11)18-16(21)22-14/h1-8H,9H2,(H2,17,20)(H,18,21)/b19-12+. The number of nitrogens with zero attached hydrogens (tertiary/aromatic N) is 1. The van der Waals surface area contributed by atoms with Crippen LogP contribution in [0.15, 0.2) is 62.9 Å². The second-order valence-electron chi connectivity index (χ2n) is 4.81. The Balaban J connectivity index is 1.89. The van der Waals surface area contributed by atoms with E-state index in [2.05, 4.69) is 10.1 Å². The number of amides is 1. The maximum Gasteiger partial charge on any atom is 0.417 e. The summed E-state index contributed by atoms with van der Waals surface area (Å²) in [5, 5.41) is 4.01. The highest BCUT2D eigenvalue weighted by molar-refractivity contribution is 6.09. The fourth-order valence-corrected chi connectivity index (χ4v) is 2.08. The minimum Gasteiger partial charge on any atom is -0.408 e. The lowest BCUT2D eigenvalue weighted by molar-refractivity contribution is -0.116. The van der Waals surface area contributed by atoms with Gasteiger partial charge in [0.05, 0.1) is 17.6 Å². The number of primary amides is 1. The molecule has 0 aliphatic rings. The number of nitrogens with two attached hydrogens (primary N) is 1. The number of hydrogen-bond acceptors (Lipinski definition) is 5. The number of aromatic nitrogens is 1. The highest BCUT2D eigenvalue weighted by Gasteiger charge is 2.09. The van der Waals surface area contributed by atoms with E-state index in [-0.39, 0.29) is 6.42 Å². The zero-order chi connectivity index (χ0) is 16.2. The van der Waals surface area contributed by atoms with Gasteiger partial charge in [-0.3, -0.25) is 9.78 Å². The van der Waals surface area contributed by atoms with Gasteiger partial charge in [0.25, 0.3) is 0 Å². The summed E-state index contributed by atoms with van der Waals surface area (Å²) >= 11 is 0. The molecule has 0 atom stereocenters. The van der Waals surface area contributed by atoms with Gasteiger partial charge in [-0.2, -0.15) is 0 Å². The zero-order valence-electron chi connectivity index (χ0n) is 12.0. The molecule has 1 heterocycles. The van der Waals surface area contributed by atoms with E-state index in [0.29, 0.717) is 22.6 Å². The van der Waals surface area contributed by atoms with Crippen molar-refractivity contribution in [2.45, 2.75) is 6.42 Å². The van der Waals surface area contributed by atoms with Crippen LogP contribution in [0.25, 0.3) is 11.1 Å². The van der Waals surface area contributed by atoms with E-state index in [0.717, 1.165) is 5.56 Å². The third-order valence-electron chi connectivity index (χ3n) is 3.10. The Bertz CT molecular complexity index is 925. The van der Waals surface area contributed by atoms with Gasteiger partial charge < -0.3 is 15.0 Å². The Morgan fingerprint density at radius 1 is 1.22 bits per heavy atom. The van der Waals surface area contributed by atoms with Crippen LogP contribution in [0.2, 0.25) is 0 Å². The van der Waals surface area contributed by atoms with Crippen molar-refractivity contribution in [1.29, 1.82) is 0 Å². The predicted molar refractivity (Wildman–Crippen MR) is 84.3 cm³/mol. The molecule has 3 rings (SSSR count). The van der Waals surface area contributed by atoms with Crippen molar-refractivity contribution in [1.82, 2.24) is 4.98 Å². The van der Waals surface area contributed by atoms with Crippen LogP contribution in [0.4, 0.5) is 0 Å². The summed E-state index contributed by atoms with van der Waals surface area (Å²) in [6.07, 6.45) is -0.0468. The number of H-pyrrole nitrogens is 1. The SMILES string of the molecule is NC(=O)C/C(=N\Oc1ccc2oc(=O)[nH]c2c1)c1ccccc1. The average molecular weight is 311 g/mol. The van der Waals surface area contributed by atoms with Crippen LogP contribution in [0.5, 0.6) is 5.75 Å². The first-order valence-electron chi connectivity index (χ1n) is 6.82. The Labute approximate surface area is 130 Å². The first kappa shape index (κ1) is 14.6. The topological polar surface area (TPSA) is 111 Å². The van der Waals surface area contributed by atoms with E-state index in [1.165, 1.54) is 0 Å². The lowest BCUT2D eigenvalue weighted by Gasteiger charge is -2.05. The van der Waals surface area contributed by atoms with Crippen LogP contribution in [-0.2, 0) is 4.79 Å². The molecule has 0 saturated carbocycles. The summed E-state index contributed by atoms with van der Waals surface area (Å²) in [4.78, 5) is 30.2. The summed E-state index contributed by atoms with van der Waals surface area (Å²) in [6, 6.07) is 13.9. The molecule has 0 saturated heterocycles. The molecular formula is C16H13N3O4. The molecule has 0 spiro atoms. The van der Waals surface area contributed by atoms with Crippen LogP contribution in [0, 0.1) is 0 Å². The summed E-state index contributed by atoms with van der Waals surface area (Å²) in [5.41, 5.74) is 7.33. The fraction of sp³-hybridized carbons (Fsp3) is 0.0625. The quantitative estimate of drug-likeness (QED) is 0.552.